The highest BCUT2D eigenvalue weighted by Gasteiger charge is 2.18. The Balaban J connectivity index is 1.69. The number of aliphatic imine (C=N–C) groups is 1. The quantitative estimate of drug-likeness (QED) is 0.877. The van der Waals surface area contributed by atoms with E-state index in [1.54, 1.807) is 0 Å². The van der Waals surface area contributed by atoms with Crippen LogP contribution < -0.4 is 10.0 Å². The van der Waals surface area contributed by atoms with Crippen LogP contribution in [0.1, 0.15) is 23.2 Å². The van der Waals surface area contributed by atoms with E-state index in [1.807, 2.05) is 0 Å². The normalized spacial score (nSPS) is 14.0. The predicted octanol–water partition coefficient (Wildman–Crippen LogP) is 2.55. The molecule has 1 heterocycles. The average molecular weight is 361 g/mol. The lowest BCUT2D eigenvalue weighted by atomic mass is 10.2. The molecule has 0 saturated carbocycles. The number of amidine groups is 1. The van der Waals surface area contributed by atoms with Gasteiger partial charge >= 0.3 is 0 Å². The van der Waals surface area contributed by atoms with E-state index < -0.39 is 21.7 Å². The lowest BCUT2D eigenvalue weighted by molar-refractivity contribution is 0.102. The van der Waals surface area contributed by atoms with E-state index in [0.717, 1.165) is 6.42 Å². The van der Waals surface area contributed by atoms with Gasteiger partial charge in [-0.2, -0.15) is 0 Å². The lowest BCUT2D eigenvalue weighted by Crippen LogP contribution is -2.29. The molecular weight excluding hydrogens is 345 g/mol. The van der Waals surface area contributed by atoms with E-state index in [4.69, 9.17) is 0 Å². The Morgan fingerprint density at radius 3 is 2.32 bits per heavy atom. The average Bonchev–Trinajstić information content (AvgIpc) is 3.08. The monoisotopic (exact) mass is 361 g/mol. The van der Waals surface area contributed by atoms with Gasteiger partial charge in [0.05, 0.1) is 4.90 Å². The minimum Gasteiger partial charge on any atom is -0.322 e. The van der Waals surface area contributed by atoms with E-state index in [-0.39, 0.29) is 4.90 Å². The molecule has 0 atom stereocenters. The number of sulfonamides is 1. The third kappa shape index (κ3) is 4.21. The molecule has 0 saturated heterocycles. The maximum absolute atomic E-state index is 12.9. The fourth-order valence-electron chi connectivity index (χ4n) is 2.36. The first-order valence-corrected chi connectivity index (χ1v) is 9.15. The highest BCUT2D eigenvalue weighted by Crippen LogP contribution is 2.16. The first-order valence-electron chi connectivity index (χ1n) is 7.67. The molecule has 2 aromatic carbocycles. The van der Waals surface area contributed by atoms with E-state index in [0.29, 0.717) is 30.1 Å². The van der Waals surface area contributed by atoms with Crippen LogP contribution in [0, 0.1) is 5.82 Å². The van der Waals surface area contributed by atoms with Crippen LogP contribution in [-0.2, 0) is 10.0 Å². The van der Waals surface area contributed by atoms with E-state index in [9.17, 15) is 17.6 Å². The molecule has 0 bridgehead atoms. The van der Waals surface area contributed by atoms with Crippen molar-refractivity contribution in [3.63, 3.8) is 0 Å². The number of carbonyl (C=O) groups is 1. The van der Waals surface area contributed by atoms with E-state index >= 15 is 0 Å². The SMILES string of the molecule is O=C(Nc1ccc(S(=O)(=O)NC2=NCCC2)cc1)c1ccc(F)cc1. The largest absolute Gasteiger partial charge is 0.322 e. The fraction of sp³-hybridized carbons (Fsp3) is 0.176. The van der Waals surface area contributed by atoms with Gasteiger partial charge < -0.3 is 5.32 Å². The van der Waals surface area contributed by atoms with Crippen molar-refractivity contribution in [1.29, 1.82) is 0 Å². The first kappa shape index (κ1) is 17.1. The molecule has 0 unspecified atom stereocenters. The van der Waals surface area contributed by atoms with Gasteiger partial charge in [-0.1, -0.05) is 0 Å². The number of hydrogen-bond donors (Lipinski definition) is 2. The Morgan fingerprint density at radius 1 is 1.04 bits per heavy atom. The van der Waals surface area contributed by atoms with Crippen LogP contribution in [0.2, 0.25) is 0 Å². The van der Waals surface area contributed by atoms with Crippen LogP contribution in [0.25, 0.3) is 0 Å². The summed E-state index contributed by atoms with van der Waals surface area (Å²) in [5, 5.41) is 2.63. The molecule has 2 N–H and O–H groups in total. The molecule has 2 aromatic rings. The number of nitrogens with zero attached hydrogens (tertiary/aromatic N) is 1. The third-order valence-electron chi connectivity index (χ3n) is 3.66. The van der Waals surface area contributed by atoms with Crippen molar-refractivity contribution in [1.82, 2.24) is 4.72 Å². The van der Waals surface area contributed by atoms with Gasteiger partial charge in [-0.15, -0.1) is 0 Å². The van der Waals surface area contributed by atoms with E-state index in [2.05, 4.69) is 15.0 Å². The molecule has 1 aliphatic heterocycles. The van der Waals surface area contributed by atoms with Crippen LogP contribution in [0.4, 0.5) is 10.1 Å². The molecule has 0 aliphatic carbocycles. The number of rotatable bonds is 4. The fourth-order valence-corrected chi connectivity index (χ4v) is 3.45. The van der Waals surface area contributed by atoms with Crippen molar-refractivity contribution < 1.29 is 17.6 Å². The number of nitrogens with one attached hydrogen (secondary N) is 2. The molecule has 6 nitrogen and oxygen atoms in total. The summed E-state index contributed by atoms with van der Waals surface area (Å²) < 4.78 is 39.9. The Morgan fingerprint density at radius 2 is 1.72 bits per heavy atom. The summed E-state index contributed by atoms with van der Waals surface area (Å²) in [5.41, 5.74) is 0.741. The first-order chi connectivity index (χ1) is 11.9. The Bertz CT molecular complexity index is 907. The number of amides is 1. The van der Waals surface area contributed by atoms with Gasteiger partial charge in [0, 0.05) is 24.2 Å². The molecule has 3 rings (SSSR count). The molecule has 0 aromatic heterocycles. The number of halogens is 1. The van der Waals surface area contributed by atoms with Crippen LogP contribution in [0.5, 0.6) is 0 Å². The second-order valence-corrected chi connectivity index (χ2v) is 7.21. The number of anilines is 1. The molecule has 0 fully saturated rings. The summed E-state index contributed by atoms with van der Waals surface area (Å²) in [6, 6.07) is 10.9. The topological polar surface area (TPSA) is 87.6 Å². The lowest BCUT2D eigenvalue weighted by Gasteiger charge is -2.09. The number of hydrogen-bond acceptors (Lipinski definition) is 4. The molecule has 25 heavy (non-hydrogen) atoms. The van der Waals surface area contributed by atoms with Gasteiger partial charge in [-0.05, 0) is 55.0 Å². The molecule has 0 spiro atoms. The molecule has 8 heteroatoms. The maximum atomic E-state index is 12.9. The highest BCUT2D eigenvalue weighted by atomic mass is 32.2. The van der Waals surface area contributed by atoms with Crippen LogP contribution in [-0.4, -0.2) is 26.7 Å². The molecular formula is C17H16FN3O3S. The zero-order valence-electron chi connectivity index (χ0n) is 13.2. The molecule has 130 valence electrons. The summed E-state index contributed by atoms with van der Waals surface area (Å²) in [6.07, 6.45) is 1.46. The molecule has 1 amide bonds. The summed E-state index contributed by atoms with van der Waals surface area (Å²) >= 11 is 0. The van der Waals surface area contributed by atoms with Crippen molar-refractivity contribution in [2.24, 2.45) is 4.99 Å². The van der Waals surface area contributed by atoms with Crippen LogP contribution >= 0.6 is 0 Å². The number of benzene rings is 2. The van der Waals surface area contributed by atoms with Crippen molar-refractivity contribution in [3.8, 4) is 0 Å². The summed E-state index contributed by atoms with van der Waals surface area (Å²) in [5.74, 6) is -0.367. The highest BCUT2D eigenvalue weighted by molar-refractivity contribution is 7.90. The minimum absolute atomic E-state index is 0.0851. The Hall–Kier alpha value is -2.74. The zero-order chi connectivity index (χ0) is 17.9. The Labute approximate surface area is 144 Å². The predicted molar refractivity (Wildman–Crippen MR) is 92.7 cm³/mol. The van der Waals surface area contributed by atoms with Gasteiger partial charge in [0.1, 0.15) is 11.7 Å². The van der Waals surface area contributed by atoms with Crippen LogP contribution in [0.3, 0.4) is 0 Å². The third-order valence-corrected chi connectivity index (χ3v) is 5.05. The van der Waals surface area contributed by atoms with Gasteiger partial charge in [-0.25, -0.2) is 12.8 Å². The second kappa shape index (κ2) is 7.02. The van der Waals surface area contributed by atoms with Gasteiger partial charge in [-0.3, -0.25) is 14.5 Å². The minimum atomic E-state index is -3.68. The molecule has 1 aliphatic rings. The Kier molecular flexibility index (Phi) is 4.80. The van der Waals surface area contributed by atoms with Crippen molar-refractivity contribution in [2.75, 3.05) is 11.9 Å². The zero-order valence-corrected chi connectivity index (χ0v) is 14.0. The summed E-state index contributed by atoms with van der Waals surface area (Å²) in [7, 11) is -3.68. The standard InChI is InChI=1S/C17H16FN3O3S/c18-13-5-3-12(4-6-13)17(22)20-14-7-9-15(10-8-14)25(23,24)21-16-2-1-11-19-16/h3-10H,1-2,11H2,(H,19,21)(H,20,22). The number of carbonyl (C=O) groups excluding carboxylic acids is 1. The van der Waals surface area contributed by atoms with Crippen molar-refractivity contribution >= 4 is 27.5 Å². The molecule has 0 radical (unpaired) electrons. The van der Waals surface area contributed by atoms with Gasteiger partial charge in [0.15, 0.2) is 0 Å². The summed E-state index contributed by atoms with van der Waals surface area (Å²) in [6.45, 7) is 0.631. The van der Waals surface area contributed by atoms with Gasteiger partial charge in [0.2, 0.25) is 0 Å². The maximum Gasteiger partial charge on any atom is 0.262 e. The summed E-state index contributed by atoms with van der Waals surface area (Å²) in [4.78, 5) is 16.2. The van der Waals surface area contributed by atoms with Gasteiger partial charge in [0.25, 0.3) is 15.9 Å². The van der Waals surface area contributed by atoms with E-state index in [1.165, 1.54) is 48.5 Å². The van der Waals surface area contributed by atoms with Crippen molar-refractivity contribution in [2.45, 2.75) is 17.7 Å². The van der Waals surface area contributed by atoms with Crippen molar-refractivity contribution in [3.05, 3.63) is 59.9 Å². The van der Waals surface area contributed by atoms with Crippen LogP contribution in [0.15, 0.2) is 58.4 Å². The smallest absolute Gasteiger partial charge is 0.262 e. The second-order valence-electron chi connectivity index (χ2n) is 5.52.